The third-order valence-corrected chi connectivity index (χ3v) is 4.10. The average molecular weight is 377 g/mol. The van der Waals surface area contributed by atoms with Crippen molar-refractivity contribution in [2.45, 2.75) is 13.5 Å². The summed E-state index contributed by atoms with van der Waals surface area (Å²) in [6.45, 7) is 2.08. The number of rotatable bonds is 5. The van der Waals surface area contributed by atoms with E-state index in [1.807, 2.05) is 13.0 Å². The van der Waals surface area contributed by atoms with Crippen LogP contribution < -0.4 is 4.74 Å². The minimum Gasteiger partial charge on any atom is -0.486 e. The molecular formula is C17H14ClFN4OS. The van der Waals surface area contributed by atoms with Crippen LogP contribution in [0.2, 0.25) is 5.02 Å². The number of benzene rings is 2. The molecule has 2 aromatic carbocycles. The van der Waals surface area contributed by atoms with Gasteiger partial charge < -0.3 is 4.74 Å². The van der Waals surface area contributed by atoms with Crippen LogP contribution >= 0.6 is 23.8 Å². The number of aryl methyl sites for hydroxylation is 1. The van der Waals surface area contributed by atoms with Gasteiger partial charge in [0.05, 0.1) is 6.21 Å². The Kier molecular flexibility index (Phi) is 5.25. The van der Waals surface area contributed by atoms with Crippen LogP contribution in [0.4, 0.5) is 4.39 Å². The van der Waals surface area contributed by atoms with Crippen molar-refractivity contribution in [2.24, 2.45) is 5.10 Å². The molecule has 0 spiro atoms. The molecule has 0 radical (unpaired) electrons. The van der Waals surface area contributed by atoms with Gasteiger partial charge in [0.1, 0.15) is 18.2 Å². The van der Waals surface area contributed by atoms with Crippen LogP contribution in [-0.4, -0.2) is 21.1 Å². The van der Waals surface area contributed by atoms with E-state index in [4.69, 9.17) is 28.6 Å². The van der Waals surface area contributed by atoms with Crippen molar-refractivity contribution in [1.82, 2.24) is 14.9 Å². The average Bonchev–Trinajstić information content (AvgIpc) is 2.95. The summed E-state index contributed by atoms with van der Waals surface area (Å²) in [7, 11) is 0. The number of aromatic nitrogens is 3. The second-order valence-electron chi connectivity index (χ2n) is 5.25. The Morgan fingerprint density at radius 1 is 1.32 bits per heavy atom. The largest absolute Gasteiger partial charge is 0.486 e. The van der Waals surface area contributed by atoms with Crippen LogP contribution in [0.25, 0.3) is 0 Å². The zero-order valence-corrected chi connectivity index (χ0v) is 14.8. The first-order valence-electron chi connectivity index (χ1n) is 7.38. The van der Waals surface area contributed by atoms with Gasteiger partial charge in [-0.25, -0.2) is 9.49 Å². The minimum atomic E-state index is -0.301. The third-order valence-electron chi connectivity index (χ3n) is 3.41. The van der Waals surface area contributed by atoms with Crippen LogP contribution in [0.5, 0.6) is 5.75 Å². The predicted molar refractivity (Wildman–Crippen MR) is 97.3 cm³/mol. The van der Waals surface area contributed by atoms with Gasteiger partial charge in [-0.2, -0.15) is 14.9 Å². The Bertz CT molecular complexity index is 966. The molecule has 8 heteroatoms. The fraction of sp³-hybridized carbons (Fsp3) is 0.118. The molecule has 0 aliphatic rings. The fourth-order valence-electron chi connectivity index (χ4n) is 2.06. The maximum atomic E-state index is 12.9. The van der Waals surface area contributed by atoms with Crippen molar-refractivity contribution in [1.29, 1.82) is 0 Å². The first kappa shape index (κ1) is 17.3. The Labute approximate surface area is 153 Å². The van der Waals surface area contributed by atoms with Crippen LogP contribution in [0.3, 0.4) is 0 Å². The van der Waals surface area contributed by atoms with E-state index in [2.05, 4.69) is 15.3 Å². The van der Waals surface area contributed by atoms with Gasteiger partial charge in [-0.1, -0.05) is 23.7 Å². The third kappa shape index (κ3) is 4.32. The molecule has 1 heterocycles. The molecule has 0 aliphatic carbocycles. The lowest BCUT2D eigenvalue weighted by Crippen LogP contribution is -2.04. The summed E-state index contributed by atoms with van der Waals surface area (Å²) in [5, 5.41) is 11.8. The van der Waals surface area contributed by atoms with Gasteiger partial charge in [0.25, 0.3) is 0 Å². The van der Waals surface area contributed by atoms with Crippen LogP contribution in [0, 0.1) is 17.5 Å². The zero-order valence-electron chi connectivity index (χ0n) is 13.2. The van der Waals surface area contributed by atoms with Gasteiger partial charge in [0.2, 0.25) is 4.77 Å². The van der Waals surface area contributed by atoms with Crippen LogP contribution in [0.1, 0.15) is 17.0 Å². The normalized spacial score (nSPS) is 11.2. The summed E-state index contributed by atoms with van der Waals surface area (Å²) >= 11 is 11.2. The van der Waals surface area contributed by atoms with Crippen molar-refractivity contribution in [3.63, 3.8) is 0 Å². The molecule has 0 unspecified atom stereocenters. The monoisotopic (exact) mass is 376 g/mol. The summed E-state index contributed by atoms with van der Waals surface area (Å²) in [4.78, 5) is 0. The molecular weight excluding hydrogens is 363 g/mol. The predicted octanol–water partition coefficient (Wildman–Crippen LogP) is 4.50. The summed E-state index contributed by atoms with van der Waals surface area (Å²) in [5.74, 6) is 0.880. The van der Waals surface area contributed by atoms with Crippen molar-refractivity contribution in [3.8, 4) is 5.75 Å². The number of halogens is 2. The van der Waals surface area contributed by atoms with Gasteiger partial charge in [-0.3, -0.25) is 0 Å². The Balaban J connectivity index is 1.76. The van der Waals surface area contributed by atoms with Gasteiger partial charge in [-0.05, 0) is 60.6 Å². The Morgan fingerprint density at radius 2 is 2.08 bits per heavy atom. The van der Waals surface area contributed by atoms with Gasteiger partial charge in [0.15, 0.2) is 5.82 Å². The van der Waals surface area contributed by atoms with E-state index in [1.54, 1.807) is 30.5 Å². The molecule has 25 heavy (non-hydrogen) atoms. The number of nitrogens with one attached hydrogen (secondary N) is 1. The highest BCUT2D eigenvalue weighted by molar-refractivity contribution is 7.71. The fourth-order valence-corrected chi connectivity index (χ4v) is 2.38. The lowest BCUT2D eigenvalue weighted by Gasteiger charge is -2.07. The maximum absolute atomic E-state index is 12.9. The summed E-state index contributed by atoms with van der Waals surface area (Å²) in [6, 6.07) is 11.4. The smallest absolute Gasteiger partial charge is 0.216 e. The van der Waals surface area contributed by atoms with E-state index >= 15 is 0 Å². The molecule has 1 aromatic heterocycles. The number of hydrogen-bond acceptors (Lipinski definition) is 4. The van der Waals surface area contributed by atoms with E-state index in [0.717, 1.165) is 11.1 Å². The minimum absolute atomic E-state index is 0.176. The second kappa shape index (κ2) is 7.58. The molecule has 0 fully saturated rings. The topological polar surface area (TPSA) is 55.2 Å². The van der Waals surface area contributed by atoms with Crippen molar-refractivity contribution in [2.75, 3.05) is 0 Å². The SMILES string of the molecule is Cc1cc(OCc2n[nH]c(=S)n2/N=C/c2ccc(F)cc2)ccc1Cl. The molecule has 0 saturated heterocycles. The Hall–Kier alpha value is -2.51. The number of H-pyrrole nitrogens is 1. The summed E-state index contributed by atoms with van der Waals surface area (Å²) in [5.41, 5.74) is 1.66. The molecule has 1 N–H and O–H groups in total. The van der Waals surface area contributed by atoms with Crippen molar-refractivity contribution < 1.29 is 9.13 Å². The summed E-state index contributed by atoms with van der Waals surface area (Å²) in [6.07, 6.45) is 1.57. The summed E-state index contributed by atoms with van der Waals surface area (Å²) < 4.78 is 20.5. The number of nitrogens with zero attached hydrogens (tertiary/aromatic N) is 3. The lowest BCUT2D eigenvalue weighted by molar-refractivity contribution is 0.290. The van der Waals surface area contributed by atoms with E-state index in [-0.39, 0.29) is 12.4 Å². The zero-order chi connectivity index (χ0) is 17.8. The standard InChI is InChI=1S/C17H14ClFN4OS/c1-11-8-14(6-7-15(11)18)24-10-16-21-22-17(25)23(16)20-9-12-2-4-13(19)5-3-12/h2-9H,10H2,1H3,(H,22,25)/b20-9+. The van der Waals surface area contributed by atoms with E-state index in [9.17, 15) is 4.39 Å². The number of aromatic amines is 1. The molecule has 0 saturated carbocycles. The maximum Gasteiger partial charge on any atom is 0.216 e. The van der Waals surface area contributed by atoms with Crippen LogP contribution in [0.15, 0.2) is 47.6 Å². The van der Waals surface area contributed by atoms with E-state index in [1.165, 1.54) is 16.8 Å². The molecule has 0 aliphatic heterocycles. The molecule has 0 atom stereocenters. The van der Waals surface area contributed by atoms with Gasteiger partial charge in [-0.15, -0.1) is 0 Å². The Morgan fingerprint density at radius 3 is 2.80 bits per heavy atom. The van der Waals surface area contributed by atoms with Crippen molar-refractivity contribution in [3.05, 3.63) is 75.0 Å². The molecule has 0 bridgehead atoms. The van der Waals surface area contributed by atoms with E-state index < -0.39 is 0 Å². The molecule has 0 amide bonds. The first-order valence-corrected chi connectivity index (χ1v) is 8.17. The number of hydrogen-bond donors (Lipinski definition) is 1. The first-order chi connectivity index (χ1) is 12.0. The highest BCUT2D eigenvalue weighted by Gasteiger charge is 2.07. The lowest BCUT2D eigenvalue weighted by atomic mass is 10.2. The number of ether oxygens (including phenoxy) is 1. The van der Waals surface area contributed by atoms with Crippen molar-refractivity contribution >= 4 is 30.0 Å². The van der Waals surface area contributed by atoms with Gasteiger partial charge in [0, 0.05) is 5.02 Å². The van der Waals surface area contributed by atoms with Gasteiger partial charge >= 0.3 is 0 Å². The molecule has 5 nitrogen and oxygen atoms in total. The molecule has 3 aromatic rings. The van der Waals surface area contributed by atoms with Crippen LogP contribution in [-0.2, 0) is 6.61 Å². The quantitative estimate of drug-likeness (QED) is 0.526. The molecule has 3 rings (SSSR count). The van der Waals surface area contributed by atoms with E-state index in [0.29, 0.717) is 21.4 Å². The second-order valence-corrected chi connectivity index (χ2v) is 6.05. The molecule has 128 valence electrons. The highest BCUT2D eigenvalue weighted by Crippen LogP contribution is 2.21. The highest BCUT2D eigenvalue weighted by atomic mass is 35.5.